The maximum atomic E-state index is 5.54. The van der Waals surface area contributed by atoms with Gasteiger partial charge in [0.2, 0.25) is 5.95 Å². The zero-order valence-electron chi connectivity index (χ0n) is 8.74. The van der Waals surface area contributed by atoms with Crippen molar-refractivity contribution >= 4 is 33.4 Å². The van der Waals surface area contributed by atoms with Crippen LogP contribution in [0.15, 0.2) is 34.9 Å². The number of benzene rings is 1. The fourth-order valence-corrected chi connectivity index (χ4v) is 1.68. The predicted molar refractivity (Wildman–Crippen MR) is 68.6 cm³/mol. The quantitative estimate of drug-likeness (QED) is 0.887. The Bertz CT molecular complexity index is 513. The van der Waals surface area contributed by atoms with Crippen molar-refractivity contribution in [2.45, 2.75) is 6.92 Å². The van der Waals surface area contributed by atoms with E-state index in [1.807, 2.05) is 31.2 Å². The SMILES string of the molecule is Cc1cnc(N)nc1Nc1cccc(Br)c1. The van der Waals surface area contributed by atoms with Gasteiger partial charge < -0.3 is 11.1 Å². The smallest absolute Gasteiger partial charge is 0.221 e. The molecule has 1 heterocycles. The van der Waals surface area contributed by atoms with Crippen LogP contribution in [0.3, 0.4) is 0 Å². The number of nitrogens with two attached hydrogens (primary N) is 1. The Kier molecular flexibility index (Phi) is 3.05. The number of hydrogen-bond donors (Lipinski definition) is 2. The van der Waals surface area contributed by atoms with Crippen molar-refractivity contribution in [1.29, 1.82) is 0 Å². The Morgan fingerprint density at radius 2 is 2.19 bits per heavy atom. The van der Waals surface area contributed by atoms with Gasteiger partial charge in [-0.05, 0) is 25.1 Å². The average molecular weight is 279 g/mol. The van der Waals surface area contributed by atoms with Crippen molar-refractivity contribution in [2.24, 2.45) is 0 Å². The highest BCUT2D eigenvalue weighted by molar-refractivity contribution is 9.10. The molecule has 1 aromatic carbocycles. The van der Waals surface area contributed by atoms with Gasteiger partial charge in [0.1, 0.15) is 5.82 Å². The van der Waals surface area contributed by atoms with Gasteiger partial charge in [0, 0.05) is 21.9 Å². The molecule has 82 valence electrons. The molecule has 16 heavy (non-hydrogen) atoms. The van der Waals surface area contributed by atoms with Crippen LogP contribution in [0.4, 0.5) is 17.5 Å². The molecule has 4 nitrogen and oxygen atoms in total. The van der Waals surface area contributed by atoms with Gasteiger partial charge in [0.05, 0.1) is 0 Å². The topological polar surface area (TPSA) is 63.8 Å². The lowest BCUT2D eigenvalue weighted by molar-refractivity contribution is 1.15. The molecule has 0 aliphatic carbocycles. The minimum atomic E-state index is 0.267. The van der Waals surface area contributed by atoms with E-state index < -0.39 is 0 Å². The molecule has 1 aromatic heterocycles. The third-order valence-corrected chi connectivity index (χ3v) is 2.57. The first kappa shape index (κ1) is 10.9. The van der Waals surface area contributed by atoms with Gasteiger partial charge in [-0.3, -0.25) is 0 Å². The van der Waals surface area contributed by atoms with Crippen LogP contribution in [-0.4, -0.2) is 9.97 Å². The molecule has 0 aliphatic rings. The first-order chi connectivity index (χ1) is 7.65. The number of anilines is 3. The van der Waals surface area contributed by atoms with Crippen molar-refractivity contribution in [3.05, 3.63) is 40.5 Å². The van der Waals surface area contributed by atoms with E-state index in [1.54, 1.807) is 6.20 Å². The lowest BCUT2D eigenvalue weighted by atomic mass is 10.3. The summed E-state index contributed by atoms with van der Waals surface area (Å²) in [7, 11) is 0. The first-order valence-electron chi connectivity index (χ1n) is 4.77. The summed E-state index contributed by atoms with van der Waals surface area (Å²) in [6, 6.07) is 7.85. The molecule has 0 saturated carbocycles. The van der Waals surface area contributed by atoms with Crippen molar-refractivity contribution in [3.63, 3.8) is 0 Å². The van der Waals surface area contributed by atoms with E-state index in [0.717, 1.165) is 21.5 Å². The molecule has 5 heteroatoms. The van der Waals surface area contributed by atoms with E-state index in [2.05, 4.69) is 31.2 Å². The zero-order chi connectivity index (χ0) is 11.5. The lowest BCUT2D eigenvalue weighted by Gasteiger charge is -2.08. The van der Waals surface area contributed by atoms with Crippen LogP contribution in [-0.2, 0) is 0 Å². The predicted octanol–water partition coefficient (Wildman–Crippen LogP) is 2.87. The van der Waals surface area contributed by atoms with Crippen LogP contribution in [0, 0.1) is 6.92 Å². The van der Waals surface area contributed by atoms with E-state index in [-0.39, 0.29) is 5.95 Å². The van der Waals surface area contributed by atoms with Crippen molar-refractivity contribution in [3.8, 4) is 0 Å². The van der Waals surface area contributed by atoms with Crippen molar-refractivity contribution < 1.29 is 0 Å². The number of halogens is 1. The zero-order valence-corrected chi connectivity index (χ0v) is 10.3. The molecule has 0 fully saturated rings. The summed E-state index contributed by atoms with van der Waals surface area (Å²) in [5.74, 6) is 0.994. The number of aryl methyl sites for hydroxylation is 1. The number of aromatic nitrogens is 2. The fraction of sp³-hybridized carbons (Fsp3) is 0.0909. The highest BCUT2D eigenvalue weighted by Crippen LogP contribution is 2.21. The largest absolute Gasteiger partial charge is 0.368 e. The van der Waals surface area contributed by atoms with Gasteiger partial charge in [-0.2, -0.15) is 4.98 Å². The van der Waals surface area contributed by atoms with Gasteiger partial charge in [-0.25, -0.2) is 4.98 Å². The number of hydrogen-bond acceptors (Lipinski definition) is 4. The van der Waals surface area contributed by atoms with Crippen LogP contribution < -0.4 is 11.1 Å². The molecule has 3 N–H and O–H groups in total. The lowest BCUT2D eigenvalue weighted by Crippen LogP contribution is -2.01. The molecule has 0 aliphatic heterocycles. The number of nitrogens with zero attached hydrogens (tertiary/aromatic N) is 2. The molecule has 0 amide bonds. The second-order valence-electron chi connectivity index (χ2n) is 3.40. The Morgan fingerprint density at radius 1 is 1.38 bits per heavy atom. The highest BCUT2D eigenvalue weighted by Gasteiger charge is 2.02. The maximum Gasteiger partial charge on any atom is 0.221 e. The minimum absolute atomic E-state index is 0.267. The monoisotopic (exact) mass is 278 g/mol. The van der Waals surface area contributed by atoms with Crippen LogP contribution in [0.2, 0.25) is 0 Å². The Morgan fingerprint density at radius 3 is 2.94 bits per heavy atom. The standard InChI is InChI=1S/C11H11BrN4/c1-7-6-14-11(13)16-10(7)15-9-4-2-3-8(12)5-9/h2-6H,1H3,(H3,13,14,15,16). The second-order valence-corrected chi connectivity index (χ2v) is 4.31. The van der Waals surface area contributed by atoms with Gasteiger partial charge in [-0.1, -0.05) is 22.0 Å². The summed E-state index contributed by atoms with van der Waals surface area (Å²) >= 11 is 3.41. The highest BCUT2D eigenvalue weighted by atomic mass is 79.9. The first-order valence-corrected chi connectivity index (χ1v) is 5.56. The molecule has 2 aromatic rings. The maximum absolute atomic E-state index is 5.54. The number of nitrogen functional groups attached to an aromatic ring is 1. The number of rotatable bonds is 2. The molecule has 0 saturated heterocycles. The van der Waals surface area contributed by atoms with E-state index in [1.165, 1.54) is 0 Å². The second kappa shape index (κ2) is 4.49. The minimum Gasteiger partial charge on any atom is -0.368 e. The molecular formula is C11H11BrN4. The van der Waals surface area contributed by atoms with E-state index in [4.69, 9.17) is 5.73 Å². The Balaban J connectivity index is 2.30. The third kappa shape index (κ3) is 2.49. The summed E-state index contributed by atoms with van der Waals surface area (Å²) in [5, 5.41) is 3.19. The van der Waals surface area contributed by atoms with Crippen molar-refractivity contribution in [2.75, 3.05) is 11.1 Å². The van der Waals surface area contributed by atoms with Crippen LogP contribution in [0.1, 0.15) is 5.56 Å². The van der Waals surface area contributed by atoms with Gasteiger partial charge >= 0.3 is 0 Å². The van der Waals surface area contributed by atoms with E-state index in [0.29, 0.717) is 0 Å². The normalized spacial score (nSPS) is 10.1. The van der Waals surface area contributed by atoms with Gasteiger partial charge in [-0.15, -0.1) is 0 Å². The molecule has 0 atom stereocenters. The van der Waals surface area contributed by atoms with Crippen LogP contribution in [0.5, 0.6) is 0 Å². The van der Waals surface area contributed by atoms with E-state index >= 15 is 0 Å². The molecule has 2 rings (SSSR count). The summed E-state index contributed by atoms with van der Waals surface area (Å²) in [5.41, 5.74) is 7.45. The average Bonchev–Trinajstić information content (AvgIpc) is 2.24. The molecule has 0 unspecified atom stereocenters. The summed E-state index contributed by atoms with van der Waals surface area (Å²) in [6.45, 7) is 1.93. The summed E-state index contributed by atoms with van der Waals surface area (Å²) in [4.78, 5) is 8.05. The number of nitrogens with one attached hydrogen (secondary N) is 1. The molecular weight excluding hydrogens is 268 g/mol. The molecule has 0 bridgehead atoms. The van der Waals surface area contributed by atoms with E-state index in [9.17, 15) is 0 Å². The van der Waals surface area contributed by atoms with Crippen LogP contribution >= 0.6 is 15.9 Å². The van der Waals surface area contributed by atoms with Gasteiger partial charge in [0.25, 0.3) is 0 Å². The summed E-state index contributed by atoms with van der Waals surface area (Å²) in [6.07, 6.45) is 1.70. The van der Waals surface area contributed by atoms with Crippen LogP contribution in [0.25, 0.3) is 0 Å². The third-order valence-electron chi connectivity index (χ3n) is 2.08. The fourth-order valence-electron chi connectivity index (χ4n) is 1.29. The Hall–Kier alpha value is -1.62. The van der Waals surface area contributed by atoms with Crippen molar-refractivity contribution in [1.82, 2.24) is 9.97 Å². The Labute approximate surface area is 102 Å². The summed E-state index contributed by atoms with van der Waals surface area (Å²) < 4.78 is 1.01. The van der Waals surface area contributed by atoms with Gasteiger partial charge in [0.15, 0.2) is 0 Å². The molecule has 0 spiro atoms. The molecule has 0 radical (unpaired) electrons.